The molecule has 0 aliphatic carbocycles. The lowest BCUT2D eigenvalue weighted by molar-refractivity contribution is 0.589. The molecule has 0 atom stereocenters. The molecule has 0 saturated heterocycles. The molecule has 0 fully saturated rings. The number of nitrogens with zero attached hydrogens (tertiary/aromatic N) is 1. The Morgan fingerprint density at radius 3 is 1.88 bits per heavy atom. The zero-order valence-corrected chi connectivity index (χ0v) is 15.0. The quantitative estimate of drug-likeness (QED) is 0.408. The highest BCUT2D eigenvalue weighted by molar-refractivity contribution is 5.68. The minimum absolute atomic E-state index is 0.525. The van der Waals surface area contributed by atoms with Gasteiger partial charge in [0.2, 0.25) is 5.89 Å². The predicted molar refractivity (Wildman–Crippen MR) is 107 cm³/mol. The van der Waals surface area contributed by atoms with Gasteiger partial charge in [0.1, 0.15) is 0 Å². The van der Waals surface area contributed by atoms with Crippen LogP contribution in [0.1, 0.15) is 25.3 Å². The lowest BCUT2D eigenvalue weighted by Crippen LogP contribution is -1.85. The number of hydrogen-bond acceptors (Lipinski definition) is 2. The van der Waals surface area contributed by atoms with E-state index in [4.69, 9.17) is 4.42 Å². The predicted octanol–water partition coefficient (Wildman–Crippen LogP) is 6.80. The molecule has 0 radical (unpaired) electrons. The highest BCUT2D eigenvalue weighted by Gasteiger charge is 2.09. The second kappa shape index (κ2) is 7.01. The molecule has 0 aliphatic rings. The summed E-state index contributed by atoms with van der Waals surface area (Å²) in [4.78, 5) is 4.46. The van der Waals surface area contributed by atoms with E-state index < -0.39 is 0 Å². The number of oxazole rings is 1. The third-order valence-corrected chi connectivity index (χ3v) is 4.61. The first-order valence-corrected chi connectivity index (χ1v) is 8.93. The molecule has 1 aromatic heterocycles. The first kappa shape index (κ1) is 16.3. The fraction of sp³-hybridized carbons (Fsp3) is 0.125. The van der Waals surface area contributed by atoms with E-state index >= 15 is 0 Å². The zero-order valence-electron chi connectivity index (χ0n) is 15.0. The van der Waals surface area contributed by atoms with E-state index in [2.05, 4.69) is 79.5 Å². The van der Waals surface area contributed by atoms with Crippen molar-refractivity contribution in [1.29, 1.82) is 0 Å². The monoisotopic (exact) mass is 339 g/mol. The van der Waals surface area contributed by atoms with Crippen LogP contribution in [0.3, 0.4) is 0 Å². The highest BCUT2D eigenvalue weighted by atomic mass is 16.4. The molecule has 26 heavy (non-hydrogen) atoms. The van der Waals surface area contributed by atoms with Gasteiger partial charge in [-0.2, -0.15) is 0 Å². The maximum atomic E-state index is 5.99. The first-order chi connectivity index (χ1) is 12.7. The summed E-state index contributed by atoms with van der Waals surface area (Å²) < 4.78 is 5.99. The van der Waals surface area contributed by atoms with Crippen molar-refractivity contribution in [2.45, 2.75) is 19.8 Å². The molecule has 2 heteroatoms. The molecule has 0 bridgehead atoms. The van der Waals surface area contributed by atoms with E-state index in [9.17, 15) is 0 Å². The maximum absolute atomic E-state index is 5.99. The van der Waals surface area contributed by atoms with Crippen LogP contribution in [0.5, 0.6) is 0 Å². The van der Waals surface area contributed by atoms with Crippen LogP contribution >= 0.6 is 0 Å². The van der Waals surface area contributed by atoms with Gasteiger partial charge in [0.15, 0.2) is 5.76 Å². The summed E-state index contributed by atoms with van der Waals surface area (Å²) in [6, 6.07) is 27.2. The van der Waals surface area contributed by atoms with Crippen molar-refractivity contribution in [1.82, 2.24) is 4.98 Å². The van der Waals surface area contributed by atoms with Crippen molar-refractivity contribution in [2.24, 2.45) is 0 Å². The van der Waals surface area contributed by atoms with Crippen molar-refractivity contribution in [3.8, 4) is 33.9 Å². The number of hydrogen-bond donors (Lipinski definition) is 0. The van der Waals surface area contributed by atoms with Crippen LogP contribution in [0.15, 0.2) is 89.5 Å². The summed E-state index contributed by atoms with van der Waals surface area (Å²) in [7, 11) is 0. The van der Waals surface area contributed by atoms with Crippen LogP contribution in [0.2, 0.25) is 0 Å². The van der Waals surface area contributed by atoms with Crippen LogP contribution < -0.4 is 0 Å². The van der Waals surface area contributed by atoms with Crippen molar-refractivity contribution in [3.63, 3.8) is 0 Å². The standard InChI is InChI=1S/C24H21NO/c1-17(2)18-8-12-21(13-9-18)23-16-25-24(26-23)22-14-10-20(11-15-22)19-6-4-3-5-7-19/h3-17H,1-2H3. The molecule has 1 heterocycles. The minimum atomic E-state index is 0.525. The second-order valence-electron chi connectivity index (χ2n) is 6.75. The SMILES string of the molecule is CC(C)c1ccc(-c2cnc(-c3ccc(-c4ccccc4)cc3)o2)cc1. The Morgan fingerprint density at radius 1 is 0.654 bits per heavy atom. The highest BCUT2D eigenvalue weighted by Crippen LogP contribution is 2.29. The van der Waals surface area contributed by atoms with Gasteiger partial charge >= 0.3 is 0 Å². The van der Waals surface area contributed by atoms with Crippen LogP contribution in [0.4, 0.5) is 0 Å². The van der Waals surface area contributed by atoms with Gasteiger partial charge in [0.25, 0.3) is 0 Å². The molecule has 3 aromatic carbocycles. The summed E-state index contributed by atoms with van der Waals surface area (Å²) in [6.45, 7) is 4.39. The fourth-order valence-corrected chi connectivity index (χ4v) is 3.01. The van der Waals surface area contributed by atoms with Gasteiger partial charge in [-0.1, -0.05) is 80.6 Å². The summed E-state index contributed by atoms with van der Waals surface area (Å²) in [5.74, 6) is 1.97. The fourth-order valence-electron chi connectivity index (χ4n) is 3.01. The first-order valence-electron chi connectivity index (χ1n) is 8.93. The van der Waals surface area contributed by atoms with Crippen LogP contribution in [0.25, 0.3) is 33.9 Å². The van der Waals surface area contributed by atoms with Gasteiger partial charge in [-0.3, -0.25) is 0 Å². The Bertz CT molecular complexity index is 981. The Balaban J connectivity index is 1.58. The summed E-state index contributed by atoms with van der Waals surface area (Å²) in [5.41, 5.74) is 5.75. The molecule has 0 N–H and O–H groups in total. The van der Waals surface area contributed by atoms with Gasteiger partial charge in [0.05, 0.1) is 6.20 Å². The maximum Gasteiger partial charge on any atom is 0.226 e. The van der Waals surface area contributed by atoms with Gasteiger partial charge in [-0.05, 0) is 34.7 Å². The molecule has 128 valence electrons. The molecule has 0 unspecified atom stereocenters. The molecule has 0 amide bonds. The molecule has 4 aromatic rings. The van der Waals surface area contributed by atoms with Crippen molar-refractivity contribution >= 4 is 0 Å². The lowest BCUT2D eigenvalue weighted by Gasteiger charge is -2.05. The van der Waals surface area contributed by atoms with E-state index in [0.29, 0.717) is 11.8 Å². The number of rotatable bonds is 4. The molecule has 0 spiro atoms. The Kier molecular flexibility index (Phi) is 4.40. The average Bonchev–Trinajstić information content (AvgIpc) is 3.19. The molecular weight excluding hydrogens is 318 g/mol. The molecule has 4 rings (SSSR count). The largest absolute Gasteiger partial charge is 0.436 e. The zero-order chi connectivity index (χ0) is 17.9. The smallest absolute Gasteiger partial charge is 0.226 e. The topological polar surface area (TPSA) is 26.0 Å². The average molecular weight is 339 g/mol. The van der Waals surface area contributed by atoms with E-state index in [1.807, 2.05) is 18.2 Å². The minimum Gasteiger partial charge on any atom is -0.436 e. The Labute approximate surface area is 154 Å². The Morgan fingerprint density at radius 2 is 1.23 bits per heavy atom. The normalized spacial score (nSPS) is 11.0. The molecule has 2 nitrogen and oxygen atoms in total. The molecule has 0 saturated carbocycles. The van der Waals surface area contributed by atoms with Gasteiger partial charge < -0.3 is 4.42 Å². The van der Waals surface area contributed by atoms with Crippen molar-refractivity contribution in [2.75, 3.05) is 0 Å². The van der Waals surface area contributed by atoms with Gasteiger partial charge in [-0.15, -0.1) is 0 Å². The van der Waals surface area contributed by atoms with E-state index in [1.165, 1.54) is 16.7 Å². The molecular formula is C24H21NO. The second-order valence-corrected chi connectivity index (χ2v) is 6.75. The number of aromatic nitrogens is 1. The third-order valence-electron chi connectivity index (χ3n) is 4.61. The van der Waals surface area contributed by atoms with Crippen LogP contribution in [0, 0.1) is 0 Å². The van der Waals surface area contributed by atoms with Crippen LogP contribution in [-0.4, -0.2) is 4.98 Å². The summed E-state index contributed by atoms with van der Waals surface area (Å²) in [5, 5.41) is 0. The van der Waals surface area contributed by atoms with E-state index in [0.717, 1.165) is 16.9 Å². The van der Waals surface area contributed by atoms with Crippen molar-refractivity contribution < 1.29 is 4.42 Å². The van der Waals surface area contributed by atoms with Gasteiger partial charge in [0, 0.05) is 11.1 Å². The lowest BCUT2D eigenvalue weighted by atomic mass is 10.0. The third kappa shape index (κ3) is 3.31. The van der Waals surface area contributed by atoms with E-state index in [1.54, 1.807) is 6.20 Å². The van der Waals surface area contributed by atoms with Crippen molar-refractivity contribution in [3.05, 3.63) is 90.6 Å². The Hall–Kier alpha value is -3.13. The number of benzene rings is 3. The summed E-state index contributed by atoms with van der Waals surface area (Å²) >= 11 is 0. The summed E-state index contributed by atoms with van der Waals surface area (Å²) in [6.07, 6.45) is 1.80. The molecule has 0 aliphatic heterocycles. The van der Waals surface area contributed by atoms with Crippen LogP contribution in [-0.2, 0) is 0 Å². The van der Waals surface area contributed by atoms with Gasteiger partial charge in [-0.25, -0.2) is 4.98 Å². The van der Waals surface area contributed by atoms with E-state index in [-0.39, 0.29) is 0 Å².